The van der Waals surface area contributed by atoms with E-state index in [4.69, 9.17) is 0 Å². The van der Waals surface area contributed by atoms with E-state index >= 15 is 0 Å². The maximum atomic E-state index is 2.39. The Morgan fingerprint density at radius 3 is 2.15 bits per heavy atom. The molecule has 0 N–H and O–H groups in total. The molecule has 1 nitrogen and oxygen atoms in total. The number of aryl methyl sites for hydroxylation is 1. The molecule has 0 radical (unpaired) electrons. The Bertz CT molecular complexity index is 445. The highest BCUT2D eigenvalue weighted by atomic mass is 15.1. The van der Waals surface area contributed by atoms with E-state index in [0.717, 1.165) is 12.8 Å². The largest absolute Gasteiger partial charge is 0.378 e. The van der Waals surface area contributed by atoms with Crippen molar-refractivity contribution >= 4 is 5.69 Å². The minimum absolute atomic E-state index is 1.13. The summed E-state index contributed by atoms with van der Waals surface area (Å²) in [6.07, 6.45) is 9.33. The van der Waals surface area contributed by atoms with E-state index < -0.39 is 0 Å². The molecule has 0 amide bonds. The monoisotopic (exact) mass is 271 g/mol. The minimum Gasteiger partial charge on any atom is -0.378 e. The zero-order valence-electron chi connectivity index (χ0n) is 13.7. The SMILES string of the molecule is CC(C)=CCCC(C)=CCCc1ccc(N(C)C)cc1. The number of nitrogens with zero attached hydrogens (tertiary/aromatic N) is 1. The lowest BCUT2D eigenvalue weighted by Crippen LogP contribution is -2.08. The van der Waals surface area contributed by atoms with E-state index in [9.17, 15) is 0 Å². The van der Waals surface area contributed by atoms with E-state index in [1.54, 1.807) is 0 Å². The number of rotatable bonds is 7. The molecule has 0 aromatic heterocycles. The number of hydrogen-bond acceptors (Lipinski definition) is 1. The van der Waals surface area contributed by atoms with Crippen molar-refractivity contribution in [3.63, 3.8) is 0 Å². The second-order valence-corrected chi connectivity index (χ2v) is 5.97. The molecule has 0 aliphatic rings. The average Bonchev–Trinajstić information content (AvgIpc) is 2.39. The summed E-state index contributed by atoms with van der Waals surface area (Å²) in [6.45, 7) is 6.57. The van der Waals surface area contributed by atoms with E-state index in [2.05, 4.69) is 76.2 Å². The van der Waals surface area contributed by atoms with Crippen LogP contribution in [-0.4, -0.2) is 14.1 Å². The molecule has 0 aliphatic heterocycles. The smallest absolute Gasteiger partial charge is 0.0361 e. The van der Waals surface area contributed by atoms with Gasteiger partial charge >= 0.3 is 0 Å². The van der Waals surface area contributed by atoms with E-state index in [0.29, 0.717) is 0 Å². The summed E-state index contributed by atoms with van der Waals surface area (Å²) in [6, 6.07) is 8.87. The molecule has 0 atom stereocenters. The van der Waals surface area contributed by atoms with Crippen LogP contribution in [0.4, 0.5) is 5.69 Å². The normalized spacial score (nSPS) is 11.3. The zero-order valence-corrected chi connectivity index (χ0v) is 13.7. The quantitative estimate of drug-likeness (QED) is 0.602. The Balaban J connectivity index is 2.37. The summed E-state index contributed by atoms with van der Waals surface area (Å²) in [7, 11) is 4.15. The topological polar surface area (TPSA) is 3.24 Å². The first-order valence-electron chi connectivity index (χ1n) is 7.54. The van der Waals surface area contributed by atoms with Gasteiger partial charge in [0.2, 0.25) is 0 Å². The van der Waals surface area contributed by atoms with Gasteiger partial charge in [-0.3, -0.25) is 0 Å². The fourth-order valence-electron chi connectivity index (χ4n) is 2.14. The van der Waals surface area contributed by atoms with Gasteiger partial charge in [-0.1, -0.05) is 35.4 Å². The molecule has 0 fully saturated rings. The van der Waals surface area contributed by atoms with Crippen LogP contribution < -0.4 is 4.90 Å². The molecule has 1 aromatic carbocycles. The van der Waals surface area contributed by atoms with Gasteiger partial charge in [0.1, 0.15) is 0 Å². The molecule has 1 heteroatoms. The third-order valence-corrected chi connectivity index (χ3v) is 3.47. The number of anilines is 1. The molecule has 0 bridgehead atoms. The first-order valence-corrected chi connectivity index (χ1v) is 7.54. The number of hydrogen-bond donors (Lipinski definition) is 0. The number of allylic oxidation sites excluding steroid dienone is 4. The molecule has 0 saturated carbocycles. The Labute approximate surface area is 125 Å². The molecular formula is C19H29N. The minimum atomic E-state index is 1.13. The molecule has 1 aromatic rings. The van der Waals surface area contributed by atoms with Crippen molar-refractivity contribution in [3.05, 3.63) is 53.1 Å². The summed E-state index contributed by atoms with van der Waals surface area (Å²) >= 11 is 0. The third-order valence-electron chi connectivity index (χ3n) is 3.47. The Kier molecular flexibility index (Phi) is 7.14. The molecule has 110 valence electrons. The highest BCUT2D eigenvalue weighted by Gasteiger charge is 1.96. The van der Waals surface area contributed by atoms with Gasteiger partial charge in [0.05, 0.1) is 0 Å². The standard InChI is InChI=1S/C19H29N/c1-16(2)8-6-9-17(3)10-7-11-18-12-14-19(15-13-18)20(4)5/h8,10,12-15H,6-7,9,11H2,1-5H3. The lowest BCUT2D eigenvalue weighted by atomic mass is 10.1. The summed E-state index contributed by atoms with van der Waals surface area (Å²) in [5.41, 5.74) is 5.61. The molecule has 0 saturated heterocycles. The average molecular weight is 271 g/mol. The maximum Gasteiger partial charge on any atom is 0.0361 e. The van der Waals surface area contributed by atoms with Crippen LogP contribution in [0.15, 0.2) is 47.6 Å². The number of benzene rings is 1. The van der Waals surface area contributed by atoms with Gasteiger partial charge in [0, 0.05) is 19.8 Å². The molecule has 1 rings (SSSR count). The fraction of sp³-hybridized carbons (Fsp3) is 0.474. The summed E-state index contributed by atoms with van der Waals surface area (Å²) in [5.74, 6) is 0. The van der Waals surface area contributed by atoms with Crippen LogP contribution in [0, 0.1) is 0 Å². The molecule has 0 heterocycles. The Morgan fingerprint density at radius 1 is 0.950 bits per heavy atom. The van der Waals surface area contributed by atoms with Gasteiger partial charge < -0.3 is 4.90 Å². The lowest BCUT2D eigenvalue weighted by Gasteiger charge is -2.12. The molecule has 0 aliphatic carbocycles. The second kappa shape index (κ2) is 8.63. The van der Waals surface area contributed by atoms with E-state index in [1.807, 2.05) is 0 Å². The summed E-state index contributed by atoms with van der Waals surface area (Å²) in [5, 5.41) is 0. The van der Waals surface area contributed by atoms with E-state index in [1.165, 1.54) is 35.2 Å². The highest BCUT2D eigenvalue weighted by molar-refractivity contribution is 5.46. The Morgan fingerprint density at radius 2 is 1.60 bits per heavy atom. The van der Waals surface area contributed by atoms with Gasteiger partial charge in [-0.25, -0.2) is 0 Å². The third kappa shape index (κ3) is 6.60. The van der Waals surface area contributed by atoms with Crippen molar-refractivity contribution in [3.8, 4) is 0 Å². The first-order chi connectivity index (χ1) is 9.49. The van der Waals surface area contributed by atoms with Crippen LogP contribution in [-0.2, 0) is 6.42 Å². The van der Waals surface area contributed by atoms with Crippen LogP contribution in [0.2, 0.25) is 0 Å². The van der Waals surface area contributed by atoms with E-state index in [-0.39, 0.29) is 0 Å². The second-order valence-electron chi connectivity index (χ2n) is 5.97. The van der Waals surface area contributed by atoms with Gasteiger partial charge in [-0.2, -0.15) is 0 Å². The fourth-order valence-corrected chi connectivity index (χ4v) is 2.14. The zero-order chi connectivity index (χ0) is 15.0. The van der Waals surface area contributed by atoms with Crippen molar-refractivity contribution in [2.75, 3.05) is 19.0 Å². The van der Waals surface area contributed by atoms with Crippen LogP contribution in [0.3, 0.4) is 0 Å². The highest BCUT2D eigenvalue weighted by Crippen LogP contribution is 2.14. The molecule has 0 spiro atoms. The predicted molar refractivity (Wildman–Crippen MR) is 91.5 cm³/mol. The predicted octanol–water partition coefficient (Wildman–Crippen LogP) is 5.38. The molecule has 0 unspecified atom stereocenters. The van der Waals surface area contributed by atoms with Crippen molar-refractivity contribution in [1.29, 1.82) is 0 Å². The van der Waals surface area contributed by atoms with Crippen molar-refractivity contribution < 1.29 is 0 Å². The van der Waals surface area contributed by atoms with Crippen molar-refractivity contribution in [2.24, 2.45) is 0 Å². The van der Waals surface area contributed by atoms with Gasteiger partial charge in [0.25, 0.3) is 0 Å². The summed E-state index contributed by atoms with van der Waals surface area (Å²) in [4.78, 5) is 2.14. The van der Waals surface area contributed by atoms with Crippen LogP contribution >= 0.6 is 0 Å². The van der Waals surface area contributed by atoms with Crippen LogP contribution in [0.25, 0.3) is 0 Å². The van der Waals surface area contributed by atoms with Gasteiger partial charge in [-0.15, -0.1) is 0 Å². The Hall–Kier alpha value is -1.50. The van der Waals surface area contributed by atoms with Crippen molar-refractivity contribution in [1.82, 2.24) is 0 Å². The maximum absolute atomic E-state index is 2.39. The lowest BCUT2D eigenvalue weighted by molar-refractivity contribution is 0.925. The first kappa shape index (κ1) is 16.6. The molecule has 20 heavy (non-hydrogen) atoms. The van der Waals surface area contributed by atoms with Crippen LogP contribution in [0.5, 0.6) is 0 Å². The molecular weight excluding hydrogens is 242 g/mol. The van der Waals surface area contributed by atoms with Crippen molar-refractivity contribution in [2.45, 2.75) is 46.5 Å². The van der Waals surface area contributed by atoms with Crippen LogP contribution in [0.1, 0.15) is 45.6 Å². The van der Waals surface area contributed by atoms with Gasteiger partial charge in [0.15, 0.2) is 0 Å². The van der Waals surface area contributed by atoms with Gasteiger partial charge in [-0.05, 0) is 64.2 Å². The summed E-state index contributed by atoms with van der Waals surface area (Å²) < 4.78 is 0.